The lowest BCUT2D eigenvalue weighted by molar-refractivity contribution is -0.138. The molecule has 1 aliphatic rings. The largest absolute Gasteiger partial charge is 0.589 e. The van der Waals surface area contributed by atoms with Gasteiger partial charge in [0.1, 0.15) is 28.4 Å². The topological polar surface area (TPSA) is 136 Å². The van der Waals surface area contributed by atoms with E-state index in [0.29, 0.717) is 18.5 Å². The van der Waals surface area contributed by atoms with Gasteiger partial charge >= 0.3 is 17.8 Å². The van der Waals surface area contributed by atoms with Crippen LogP contribution in [0.15, 0.2) is 48.4 Å². The number of allylic oxidation sites excluding steroid dienone is 1. The third-order valence-electron chi connectivity index (χ3n) is 5.09. The SMILES string of the molecule is COc1ccc(Oc2ccc(CNC(=O)C3(NC(=O)/C([OH2+])=C/C(C)=N)CC3)nc2)c(C(F)(F)F)c1. The Balaban J connectivity index is 1.60. The van der Waals surface area contributed by atoms with E-state index in [1.165, 1.54) is 38.4 Å². The normalized spacial score (nSPS) is 14.6. The van der Waals surface area contributed by atoms with Crippen molar-refractivity contribution in [1.82, 2.24) is 15.6 Å². The summed E-state index contributed by atoms with van der Waals surface area (Å²) in [6.45, 7) is 1.44. The zero-order valence-corrected chi connectivity index (χ0v) is 18.9. The molecule has 3 rings (SSSR count). The predicted molar refractivity (Wildman–Crippen MR) is 119 cm³/mol. The van der Waals surface area contributed by atoms with Gasteiger partial charge in [0.25, 0.3) is 0 Å². The fourth-order valence-corrected chi connectivity index (χ4v) is 3.09. The molecule has 9 nitrogen and oxygen atoms in total. The van der Waals surface area contributed by atoms with Crippen LogP contribution in [-0.2, 0) is 22.3 Å². The number of nitrogens with one attached hydrogen (secondary N) is 3. The van der Waals surface area contributed by atoms with Gasteiger partial charge in [0.2, 0.25) is 5.91 Å². The molecular weight excluding hydrogens is 469 g/mol. The molecule has 0 aliphatic heterocycles. The maximum Gasteiger partial charge on any atom is 0.420 e. The lowest BCUT2D eigenvalue weighted by Gasteiger charge is -2.16. The summed E-state index contributed by atoms with van der Waals surface area (Å²) < 4.78 is 50.3. The minimum Gasteiger partial charge on any atom is -0.589 e. The Hall–Kier alpha value is -4.09. The van der Waals surface area contributed by atoms with Gasteiger partial charge < -0.3 is 30.6 Å². The van der Waals surface area contributed by atoms with Gasteiger partial charge in [-0.25, -0.2) is 0 Å². The van der Waals surface area contributed by atoms with E-state index in [9.17, 15) is 22.8 Å². The Bertz CT molecular complexity index is 1160. The lowest BCUT2D eigenvalue weighted by atomic mass is 10.2. The molecule has 1 aliphatic carbocycles. The first kappa shape index (κ1) is 25.5. The van der Waals surface area contributed by atoms with Crippen molar-refractivity contribution in [2.75, 3.05) is 7.11 Å². The molecule has 5 N–H and O–H groups in total. The fourth-order valence-electron chi connectivity index (χ4n) is 3.09. The summed E-state index contributed by atoms with van der Waals surface area (Å²) >= 11 is 0. The number of halogens is 3. The molecule has 1 fully saturated rings. The Labute approximate surface area is 198 Å². The summed E-state index contributed by atoms with van der Waals surface area (Å²) in [7, 11) is 1.26. The second kappa shape index (κ2) is 10.0. The number of aromatic nitrogens is 1. The predicted octanol–water partition coefficient (Wildman–Crippen LogP) is 2.81. The quantitative estimate of drug-likeness (QED) is 0.214. The van der Waals surface area contributed by atoms with Gasteiger partial charge in [0.05, 0.1) is 31.6 Å². The number of carbonyl (C=O) groups is 2. The van der Waals surface area contributed by atoms with E-state index >= 15 is 0 Å². The molecule has 0 atom stereocenters. The van der Waals surface area contributed by atoms with Gasteiger partial charge in [-0.1, -0.05) is 0 Å². The second-order valence-electron chi connectivity index (χ2n) is 7.91. The van der Waals surface area contributed by atoms with E-state index in [4.69, 9.17) is 20.0 Å². The van der Waals surface area contributed by atoms with Crippen molar-refractivity contribution in [3.05, 3.63) is 59.6 Å². The van der Waals surface area contributed by atoms with Crippen LogP contribution in [-0.4, -0.2) is 40.3 Å². The van der Waals surface area contributed by atoms with Crippen LogP contribution >= 0.6 is 0 Å². The van der Waals surface area contributed by atoms with Gasteiger partial charge in [0.15, 0.2) is 0 Å². The van der Waals surface area contributed by atoms with Crippen LogP contribution in [0.4, 0.5) is 13.2 Å². The van der Waals surface area contributed by atoms with E-state index in [2.05, 4.69) is 15.6 Å². The van der Waals surface area contributed by atoms with Gasteiger partial charge in [-0.05, 0) is 50.1 Å². The number of amides is 2. The van der Waals surface area contributed by atoms with E-state index in [1.807, 2.05) is 0 Å². The molecule has 0 radical (unpaired) electrons. The summed E-state index contributed by atoms with van der Waals surface area (Å²) in [5.74, 6) is -1.91. The molecule has 1 heterocycles. The molecule has 186 valence electrons. The highest BCUT2D eigenvalue weighted by molar-refractivity contribution is 6.03. The number of hydrogen-bond acceptors (Lipinski definition) is 6. The zero-order valence-electron chi connectivity index (χ0n) is 18.9. The maximum absolute atomic E-state index is 13.3. The van der Waals surface area contributed by atoms with E-state index < -0.39 is 40.6 Å². The summed E-state index contributed by atoms with van der Waals surface area (Å²) in [4.78, 5) is 28.7. The molecule has 1 aromatic heterocycles. The van der Waals surface area contributed by atoms with Crippen molar-refractivity contribution in [3.63, 3.8) is 0 Å². The highest BCUT2D eigenvalue weighted by atomic mass is 19.4. The third kappa shape index (κ3) is 6.49. The number of carbonyl (C=O) groups excluding carboxylic acids is 2. The van der Waals surface area contributed by atoms with Crippen molar-refractivity contribution in [3.8, 4) is 17.2 Å². The number of methoxy groups -OCH3 is 1. The van der Waals surface area contributed by atoms with E-state index in [-0.39, 0.29) is 23.8 Å². The minimum absolute atomic E-state index is 0.0102. The van der Waals surface area contributed by atoms with E-state index in [1.54, 1.807) is 0 Å². The lowest BCUT2D eigenvalue weighted by Crippen LogP contribution is -2.49. The molecule has 35 heavy (non-hydrogen) atoms. The number of rotatable bonds is 9. The molecule has 0 unspecified atom stereocenters. The van der Waals surface area contributed by atoms with E-state index in [0.717, 1.165) is 18.2 Å². The van der Waals surface area contributed by atoms with Crippen LogP contribution in [0.5, 0.6) is 17.2 Å². The average Bonchev–Trinajstić information content (AvgIpc) is 3.58. The molecule has 0 saturated heterocycles. The summed E-state index contributed by atoms with van der Waals surface area (Å²) in [5.41, 5.74) is -1.65. The summed E-state index contributed by atoms with van der Waals surface area (Å²) in [5, 5.41) is 20.1. The van der Waals surface area contributed by atoms with Gasteiger partial charge in [-0.3, -0.25) is 14.6 Å². The molecule has 12 heteroatoms. The number of pyridine rings is 1. The first-order valence-electron chi connectivity index (χ1n) is 10.4. The zero-order chi connectivity index (χ0) is 25.8. The highest BCUT2D eigenvalue weighted by Crippen LogP contribution is 2.40. The van der Waals surface area contributed by atoms with Gasteiger partial charge in [-0.2, -0.15) is 13.2 Å². The Kier molecular flexibility index (Phi) is 7.32. The van der Waals surface area contributed by atoms with Crippen LogP contribution in [0.1, 0.15) is 31.0 Å². The van der Waals surface area contributed by atoms with Crippen molar-refractivity contribution in [2.45, 2.75) is 38.0 Å². The van der Waals surface area contributed by atoms with Crippen molar-refractivity contribution in [1.29, 1.82) is 5.41 Å². The van der Waals surface area contributed by atoms with Crippen LogP contribution in [0.2, 0.25) is 0 Å². The number of alkyl halides is 3. The molecule has 2 amide bonds. The molecular formula is C23H24F3N4O5+. The fraction of sp³-hybridized carbons (Fsp3) is 0.304. The molecule has 0 spiro atoms. The number of benzene rings is 1. The molecule has 1 saturated carbocycles. The number of nitrogens with zero attached hydrogens (tertiary/aromatic N) is 1. The number of ether oxygens (including phenoxy) is 2. The minimum atomic E-state index is -4.65. The standard InChI is InChI=1S/C23H23F3N4O5/c1-13(27)9-18(31)20(32)30-22(7-8-22)21(33)29-11-14-3-4-16(12-28-14)35-19-6-5-15(34-2)10-17(19)23(24,25)26/h3-6,9-10,12,27,31H,7-8,11H2,1-2H3,(H,29,33)(H,30,32)/p+1/b18-9-,27-13?. The number of hydrogen-bond donors (Lipinski definition) is 3. The van der Waals surface area contributed by atoms with Crippen LogP contribution in [0.25, 0.3) is 0 Å². The van der Waals surface area contributed by atoms with Crippen LogP contribution in [0, 0.1) is 5.41 Å². The molecule has 2 aromatic rings. The Morgan fingerprint density at radius 2 is 1.91 bits per heavy atom. The second-order valence-corrected chi connectivity index (χ2v) is 7.91. The molecule has 1 aromatic carbocycles. The first-order valence-corrected chi connectivity index (χ1v) is 10.4. The van der Waals surface area contributed by atoms with Crippen molar-refractivity contribution >= 4 is 17.5 Å². The monoisotopic (exact) mass is 493 g/mol. The van der Waals surface area contributed by atoms with Gasteiger partial charge in [-0.15, -0.1) is 0 Å². The maximum atomic E-state index is 13.3. The average molecular weight is 493 g/mol. The van der Waals surface area contributed by atoms with Crippen LogP contribution in [0.3, 0.4) is 0 Å². The Morgan fingerprint density at radius 1 is 1.23 bits per heavy atom. The highest BCUT2D eigenvalue weighted by Gasteiger charge is 2.51. The summed E-state index contributed by atoms with van der Waals surface area (Å²) in [6.07, 6.45) is -1.52. The summed E-state index contributed by atoms with van der Waals surface area (Å²) in [6, 6.07) is 6.25. The first-order chi connectivity index (χ1) is 16.4. The van der Waals surface area contributed by atoms with Crippen LogP contribution < -0.4 is 20.1 Å². The smallest absolute Gasteiger partial charge is 0.420 e. The van der Waals surface area contributed by atoms with Crippen molar-refractivity contribution in [2.24, 2.45) is 0 Å². The third-order valence-corrected chi connectivity index (χ3v) is 5.09. The Morgan fingerprint density at radius 3 is 2.46 bits per heavy atom. The molecule has 0 bridgehead atoms. The van der Waals surface area contributed by atoms with Crippen molar-refractivity contribution < 1.29 is 37.3 Å². The van der Waals surface area contributed by atoms with Gasteiger partial charge in [0, 0.05) is 5.71 Å².